The molecule has 0 aliphatic carbocycles. The van der Waals surface area contributed by atoms with Gasteiger partial charge in [0.15, 0.2) is 0 Å². The molecule has 2 heterocycles. The van der Waals surface area contributed by atoms with Crippen LogP contribution in [0, 0.1) is 0 Å². The van der Waals surface area contributed by atoms with Crippen LogP contribution in [0.4, 0.5) is 0 Å². The number of nitrogens with zero attached hydrogens (tertiary/aromatic N) is 2. The van der Waals surface area contributed by atoms with Gasteiger partial charge in [-0.15, -0.1) is 0 Å². The van der Waals surface area contributed by atoms with E-state index in [0.29, 0.717) is 0 Å². The molecule has 2 aromatic rings. The van der Waals surface area contributed by atoms with Gasteiger partial charge in [-0.1, -0.05) is 0 Å². The van der Waals surface area contributed by atoms with E-state index in [2.05, 4.69) is 18.3 Å². The third-order valence-corrected chi connectivity index (χ3v) is 3.67. The second-order valence-corrected chi connectivity index (χ2v) is 6.43. The summed E-state index contributed by atoms with van der Waals surface area (Å²) >= 11 is 0. The van der Waals surface area contributed by atoms with Crippen LogP contribution in [-0.4, -0.2) is 35.9 Å². The Labute approximate surface area is 235 Å². The summed E-state index contributed by atoms with van der Waals surface area (Å²) < 4.78 is 75.0. The minimum Gasteiger partial charge on any atom is -0.726 e. The summed E-state index contributed by atoms with van der Waals surface area (Å²) in [5, 5.41) is 0. The fraction of sp³-hybridized carbons (Fsp3) is 0.167. The molecule has 0 radical (unpaired) electrons. The Morgan fingerprint density at radius 1 is 0.692 bits per heavy atom. The van der Waals surface area contributed by atoms with Gasteiger partial charge in [0.25, 0.3) is 0 Å². The van der Waals surface area contributed by atoms with E-state index in [1.807, 2.05) is 0 Å². The molecule has 0 saturated carbocycles. The molecule has 0 aromatic carbocycles. The van der Waals surface area contributed by atoms with Gasteiger partial charge < -0.3 is 9.11 Å². The van der Waals surface area contributed by atoms with Gasteiger partial charge in [0, 0.05) is 24.8 Å². The minimum absolute atomic E-state index is 0. The average molecular weight is 453 g/mol. The second-order valence-electron chi connectivity index (χ2n) is 4.41. The third kappa shape index (κ3) is 9.68. The van der Waals surface area contributed by atoms with Crippen molar-refractivity contribution in [1.82, 2.24) is 9.97 Å². The Morgan fingerprint density at radius 2 is 0.962 bits per heavy atom. The van der Waals surface area contributed by atoms with Crippen molar-refractivity contribution in [3.05, 3.63) is 60.2 Å². The molecule has 0 fully saturated rings. The van der Waals surface area contributed by atoms with Gasteiger partial charge in [-0.2, -0.15) is 0 Å². The van der Waals surface area contributed by atoms with Crippen molar-refractivity contribution in [3.63, 3.8) is 0 Å². The summed E-state index contributed by atoms with van der Waals surface area (Å²) in [7, 11) is -10.5. The van der Waals surface area contributed by atoms with Crippen LogP contribution in [0.2, 0.25) is 0 Å². The van der Waals surface area contributed by atoms with Gasteiger partial charge in [0.1, 0.15) is 12.2 Å². The molecule has 14 heteroatoms. The zero-order chi connectivity index (χ0) is 17.8. The fourth-order valence-corrected chi connectivity index (χ4v) is 2.85. The molecule has 0 aliphatic rings. The summed E-state index contributed by atoms with van der Waals surface area (Å²) in [6.07, 6.45) is 1.61. The summed E-state index contributed by atoms with van der Waals surface area (Å²) in [5.74, 6) is 0. The molecule has 0 saturated heterocycles. The van der Waals surface area contributed by atoms with Crippen LogP contribution in [-0.2, 0) is 29.2 Å². The maximum atomic E-state index is 11.0. The largest absolute Gasteiger partial charge is 1.00 e. The van der Waals surface area contributed by atoms with Crippen LogP contribution in [0.5, 0.6) is 0 Å². The van der Waals surface area contributed by atoms with E-state index < -0.39 is 33.0 Å². The van der Waals surface area contributed by atoms with Gasteiger partial charge in [0.2, 0.25) is 20.8 Å². The Morgan fingerprint density at radius 3 is 1.19 bits per heavy atom. The van der Waals surface area contributed by atoms with Gasteiger partial charge in [-0.3, -0.25) is 18.3 Å². The van der Waals surface area contributed by atoms with Gasteiger partial charge >= 0.3 is 103 Å². The Hall–Kier alpha value is 1.31. The van der Waals surface area contributed by atoms with Crippen molar-refractivity contribution in [2.24, 2.45) is 0 Å². The van der Waals surface area contributed by atoms with Crippen LogP contribution in [0.1, 0.15) is 23.3 Å². The number of pyridine rings is 2. The molecule has 130 valence electrons. The molecular formula is C12H10K2N2O8S2. The Balaban J connectivity index is 0.00000312. The number of hydrogen-bond acceptors (Lipinski definition) is 10. The normalized spacial score (nSPS) is 13.8. The zero-order valence-corrected chi connectivity index (χ0v) is 21.6. The third-order valence-electron chi connectivity index (χ3n) is 2.79. The summed E-state index contributed by atoms with van der Waals surface area (Å²) in [6, 6.07) is 5.13. The molecule has 2 atom stereocenters. The first kappa shape index (κ1) is 27.3. The molecule has 10 nitrogen and oxygen atoms in total. The number of rotatable bonds is 7. The molecule has 0 bridgehead atoms. The van der Waals surface area contributed by atoms with Crippen LogP contribution >= 0.6 is 0 Å². The summed E-state index contributed by atoms with van der Waals surface area (Å²) in [6.45, 7) is 0. The standard InChI is InChI=1S/C12H12N2O8S2.2K/c15-23(16,17)21-11(9-1-5-13-6-2-9)12(22-24(18,19)20)10-3-7-14-8-4-10;;/h1-8,11-12H,(H,15,16,17)(H,18,19,20);;/q;2*+1/p-2. The van der Waals surface area contributed by atoms with Gasteiger partial charge in [-0.25, -0.2) is 16.8 Å². The number of hydrogen-bond donors (Lipinski definition) is 0. The maximum Gasteiger partial charge on any atom is 1.00 e. The fourth-order valence-electron chi connectivity index (χ4n) is 1.92. The van der Waals surface area contributed by atoms with E-state index in [-0.39, 0.29) is 114 Å². The molecule has 26 heavy (non-hydrogen) atoms. The quantitative estimate of drug-likeness (QED) is 0.225. The maximum absolute atomic E-state index is 11.0. The van der Waals surface area contributed by atoms with Gasteiger partial charge in [0.05, 0.1) is 0 Å². The van der Waals surface area contributed by atoms with E-state index in [9.17, 15) is 25.9 Å². The van der Waals surface area contributed by atoms with Crippen molar-refractivity contribution in [1.29, 1.82) is 0 Å². The van der Waals surface area contributed by atoms with E-state index in [1.54, 1.807) is 0 Å². The van der Waals surface area contributed by atoms with Crippen LogP contribution in [0.3, 0.4) is 0 Å². The molecule has 0 N–H and O–H groups in total. The smallest absolute Gasteiger partial charge is 0.726 e. The van der Waals surface area contributed by atoms with E-state index in [0.717, 1.165) is 0 Å². The van der Waals surface area contributed by atoms with Crippen molar-refractivity contribution in [2.45, 2.75) is 12.2 Å². The summed E-state index contributed by atoms with van der Waals surface area (Å²) in [5.41, 5.74) is 0.129. The topological polar surface area (TPSA) is 159 Å². The number of aromatic nitrogens is 2. The molecular weight excluding hydrogens is 442 g/mol. The SMILES string of the molecule is O=S(=O)([O-])OC(c1ccncc1)C(OS(=O)(=O)[O-])c1ccncc1.[K+].[K+]. The monoisotopic (exact) mass is 452 g/mol. The van der Waals surface area contributed by atoms with E-state index >= 15 is 0 Å². The predicted molar refractivity (Wildman–Crippen MR) is 75.5 cm³/mol. The van der Waals surface area contributed by atoms with E-state index in [4.69, 9.17) is 0 Å². The molecule has 0 spiro atoms. The van der Waals surface area contributed by atoms with Crippen LogP contribution in [0.15, 0.2) is 49.1 Å². The Kier molecular flexibility index (Phi) is 12.7. The Bertz CT molecular complexity index is 806. The summed E-state index contributed by atoms with van der Waals surface area (Å²) in [4.78, 5) is 7.43. The molecule has 2 unspecified atom stereocenters. The first-order valence-corrected chi connectivity index (χ1v) is 8.90. The molecule has 0 aliphatic heterocycles. The zero-order valence-electron chi connectivity index (χ0n) is 13.8. The average Bonchev–Trinajstić information content (AvgIpc) is 2.50. The minimum atomic E-state index is -5.24. The van der Waals surface area contributed by atoms with Crippen molar-refractivity contribution in [3.8, 4) is 0 Å². The first-order valence-electron chi connectivity index (χ1n) is 6.24. The molecule has 0 amide bonds. The van der Waals surface area contributed by atoms with E-state index in [1.165, 1.54) is 49.1 Å². The van der Waals surface area contributed by atoms with Crippen LogP contribution < -0.4 is 103 Å². The van der Waals surface area contributed by atoms with Crippen molar-refractivity contribution in [2.75, 3.05) is 0 Å². The molecule has 2 rings (SSSR count). The predicted octanol–water partition coefficient (Wildman–Crippen LogP) is -5.78. The first-order chi connectivity index (χ1) is 11.2. The van der Waals surface area contributed by atoms with Crippen molar-refractivity contribution < 1.29 is 137 Å². The van der Waals surface area contributed by atoms with Crippen LogP contribution in [0.25, 0.3) is 0 Å². The van der Waals surface area contributed by atoms with Crippen molar-refractivity contribution >= 4 is 20.8 Å². The van der Waals surface area contributed by atoms with Gasteiger partial charge in [-0.05, 0) is 35.4 Å². The second kappa shape index (κ2) is 12.1. The molecule has 2 aromatic heterocycles.